The normalized spacial score (nSPS) is 15.3. The van der Waals surface area contributed by atoms with Crippen molar-refractivity contribution < 1.29 is 14.2 Å². The monoisotopic (exact) mass is 387 g/mol. The number of nitrogens with zero attached hydrogens (tertiary/aromatic N) is 2. The van der Waals surface area contributed by atoms with E-state index in [0.29, 0.717) is 10.9 Å². The number of carbonyl (C=O) groups is 1. The van der Waals surface area contributed by atoms with E-state index in [4.69, 9.17) is 21.2 Å². The Hall–Kier alpha value is 0.210. The molecule has 0 aliphatic rings. The third-order valence-electron chi connectivity index (χ3n) is 2.17. The van der Waals surface area contributed by atoms with E-state index in [-0.39, 0.29) is 12.1 Å². The van der Waals surface area contributed by atoms with Crippen molar-refractivity contribution in [1.82, 2.24) is 9.39 Å². The summed E-state index contributed by atoms with van der Waals surface area (Å²) in [5, 5.41) is 6.98. The first kappa shape index (κ1) is 22.2. The van der Waals surface area contributed by atoms with Crippen LogP contribution in [0.1, 0.15) is 34.6 Å². The third kappa shape index (κ3) is 9.37. The maximum absolute atomic E-state index is 11.5. The summed E-state index contributed by atoms with van der Waals surface area (Å²) in [5.41, 5.74) is 0. The highest BCUT2D eigenvalue weighted by atomic mass is 32.5. The zero-order valence-corrected chi connectivity index (χ0v) is 17.5. The lowest BCUT2D eigenvalue weighted by Gasteiger charge is -2.34. The van der Waals surface area contributed by atoms with E-state index in [2.05, 4.69) is 10.5 Å². The second-order valence-corrected chi connectivity index (χ2v) is 11.5. The number of rotatable bonds is 8. The van der Waals surface area contributed by atoms with Gasteiger partial charge in [-0.2, -0.15) is 4.08 Å². The highest BCUT2D eigenvalue weighted by Crippen LogP contribution is 2.53. The molecule has 1 amide bonds. The molecule has 22 heavy (non-hydrogen) atoms. The van der Waals surface area contributed by atoms with Gasteiger partial charge in [-0.1, -0.05) is 17.1 Å². The Labute approximate surface area is 147 Å². The summed E-state index contributed by atoms with van der Waals surface area (Å²) in [4.78, 5) is 16.2. The van der Waals surface area contributed by atoms with Crippen LogP contribution >= 0.6 is 30.1 Å². The van der Waals surface area contributed by atoms with E-state index in [1.807, 2.05) is 44.7 Å². The van der Waals surface area contributed by atoms with Crippen LogP contribution in [0.4, 0.5) is 4.79 Å². The molecule has 1 unspecified atom stereocenters. The lowest BCUT2D eigenvalue weighted by atomic mass is 10.4. The molecular formula is C12H26N3O3PS3. The van der Waals surface area contributed by atoms with Gasteiger partial charge in [-0.25, -0.2) is 4.79 Å². The summed E-state index contributed by atoms with van der Waals surface area (Å²) >= 11 is 8.47. The summed E-state index contributed by atoms with van der Waals surface area (Å²) in [6, 6.07) is 0.203. The number of amides is 1. The minimum absolute atomic E-state index is 0.0689. The van der Waals surface area contributed by atoms with Crippen molar-refractivity contribution in [2.24, 2.45) is 5.16 Å². The highest BCUT2D eigenvalue weighted by Gasteiger charge is 2.26. The van der Waals surface area contributed by atoms with Gasteiger partial charge in [-0.05, 0) is 52.7 Å². The van der Waals surface area contributed by atoms with Crippen molar-refractivity contribution in [2.45, 2.75) is 46.8 Å². The van der Waals surface area contributed by atoms with Gasteiger partial charge in [-0.3, -0.25) is 4.84 Å². The van der Waals surface area contributed by atoms with Gasteiger partial charge >= 0.3 is 6.09 Å². The van der Waals surface area contributed by atoms with E-state index in [9.17, 15) is 4.79 Å². The minimum Gasteiger partial charge on any atom is -0.335 e. The molecule has 1 atom stereocenters. The van der Waals surface area contributed by atoms with Crippen molar-refractivity contribution >= 4 is 53.1 Å². The Morgan fingerprint density at radius 1 is 1.41 bits per heavy atom. The van der Waals surface area contributed by atoms with Gasteiger partial charge in [0.2, 0.25) is 0 Å². The molecular weight excluding hydrogens is 361 g/mol. The van der Waals surface area contributed by atoms with Crippen LogP contribution in [0.3, 0.4) is 0 Å². The SMILES string of the molecule is CS/C(C)=N/OC(=O)NCSN(C(C)C)P(C)(=S)OC(C)C. The molecule has 0 aliphatic carbocycles. The van der Waals surface area contributed by atoms with Crippen molar-refractivity contribution in [3.8, 4) is 0 Å². The number of nitrogens with one attached hydrogen (secondary N) is 1. The van der Waals surface area contributed by atoms with Crippen LogP contribution in [0.15, 0.2) is 5.16 Å². The second kappa shape index (κ2) is 10.9. The minimum atomic E-state index is -2.10. The van der Waals surface area contributed by atoms with Gasteiger partial charge in [0.1, 0.15) is 11.5 Å². The Bertz CT molecular complexity index is 433. The molecule has 0 aromatic rings. The Balaban J connectivity index is 4.44. The summed E-state index contributed by atoms with van der Waals surface area (Å²) in [7, 11) is 0. The molecule has 0 radical (unpaired) electrons. The van der Waals surface area contributed by atoms with Crippen LogP contribution in [0.25, 0.3) is 0 Å². The van der Waals surface area contributed by atoms with Crippen molar-refractivity contribution in [1.29, 1.82) is 0 Å². The van der Waals surface area contributed by atoms with E-state index in [0.717, 1.165) is 0 Å². The van der Waals surface area contributed by atoms with E-state index in [1.54, 1.807) is 6.92 Å². The first-order valence-corrected chi connectivity index (χ1v) is 12.1. The molecule has 1 N–H and O–H groups in total. The fourth-order valence-corrected chi connectivity index (χ4v) is 6.52. The molecule has 0 heterocycles. The average molecular weight is 388 g/mol. The van der Waals surface area contributed by atoms with Crippen molar-refractivity contribution in [3.63, 3.8) is 0 Å². The Morgan fingerprint density at radius 3 is 2.45 bits per heavy atom. The van der Waals surface area contributed by atoms with Crippen LogP contribution in [0.5, 0.6) is 0 Å². The number of hydrogen-bond acceptors (Lipinski definition) is 7. The Kier molecular flexibility index (Phi) is 11.0. The maximum Gasteiger partial charge on any atom is 0.434 e. The molecule has 0 saturated heterocycles. The molecule has 0 fully saturated rings. The molecule has 6 nitrogen and oxygen atoms in total. The quantitative estimate of drug-likeness (QED) is 0.128. The van der Waals surface area contributed by atoms with E-state index >= 15 is 0 Å². The summed E-state index contributed by atoms with van der Waals surface area (Å²) < 4.78 is 7.92. The van der Waals surface area contributed by atoms with Crippen LogP contribution in [-0.2, 0) is 21.2 Å². The summed E-state index contributed by atoms with van der Waals surface area (Å²) in [6.07, 6.45) is -0.759. The van der Waals surface area contributed by atoms with E-state index < -0.39 is 12.5 Å². The first-order valence-electron chi connectivity index (χ1n) is 6.82. The van der Waals surface area contributed by atoms with E-state index in [1.165, 1.54) is 23.7 Å². The number of carbonyl (C=O) groups excluding carboxylic acids is 1. The molecule has 0 rings (SSSR count). The molecule has 130 valence electrons. The lowest BCUT2D eigenvalue weighted by Crippen LogP contribution is -2.28. The molecule has 0 bridgehead atoms. The maximum atomic E-state index is 11.5. The highest BCUT2D eigenvalue weighted by molar-refractivity contribution is 8.17. The van der Waals surface area contributed by atoms with Gasteiger partial charge in [0.15, 0.2) is 0 Å². The zero-order valence-electron chi connectivity index (χ0n) is 14.2. The van der Waals surface area contributed by atoms with Gasteiger partial charge in [0.25, 0.3) is 0 Å². The largest absolute Gasteiger partial charge is 0.434 e. The second-order valence-electron chi connectivity index (χ2n) is 5.00. The van der Waals surface area contributed by atoms with Crippen molar-refractivity contribution in [3.05, 3.63) is 0 Å². The fraction of sp³-hybridized carbons (Fsp3) is 0.833. The molecule has 0 aromatic carbocycles. The number of thioether (sulfide) groups is 1. The Morgan fingerprint density at radius 2 is 2.00 bits per heavy atom. The topological polar surface area (TPSA) is 63.2 Å². The van der Waals surface area contributed by atoms with Gasteiger partial charge in [0.05, 0.1) is 12.0 Å². The van der Waals surface area contributed by atoms with Crippen LogP contribution < -0.4 is 5.32 Å². The smallest absolute Gasteiger partial charge is 0.335 e. The summed E-state index contributed by atoms with van der Waals surface area (Å²) in [6.45, 7) is 11.7. The summed E-state index contributed by atoms with van der Waals surface area (Å²) in [5.74, 6) is 0.346. The van der Waals surface area contributed by atoms with Gasteiger partial charge < -0.3 is 9.84 Å². The first-order chi connectivity index (χ1) is 10.1. The lowest BCUT2D eigenvalue weighted by molar-refractivity contribution is 0.153. The van der Waals surface area contributed by atoms with Crippen molar-refractivity contribution in [2.75, 3.05) is 18.8 Å². The standard InChI is InChI=1S/C12H26N3O3PS3/c1-9(2)15(19(6,20)18-10(3)4)22-8-13-12(16)17-14-11(5)21-7/h9-10H,8H2,1-7H3,(H,13,16)/b14-11+. The third-order valence-corrected chi connectivity index (χ3v) is 8.17. The molecule has 0 spiro atoms. The molecule has 10 heteroatoms. The van der Waals surface area contributed by atoms with Crippen LogP contribution in [-0.4, -0.2) is 46.2 Å². The fourth-order valence-electron chi connectivity index (χ4n) is 1.44. The zero-order chi connectivity index (χ0) is 17.3. The van der Waals surface area contributed by atoms with Gasteiger partial charge in [-0.15, -0.1) is 11.8 Å². The van der Waals surface area contributed by atoms with Gasteiger partial charge in [0, 0.05) is 12.7 Å². The molecule has 0 aliphatic heterocycles. The van der Waals surface area contributed by atoms with Crippen LogP contribution in [0, 0.1) is 0 Å². The van der Waals surface area contributed by atoms with Crippen LogP contribution in [0.2, 0.25) is 0 Å². The molecule has 0 aromatic heterocycles. The predicted molar refractivity (Wildman–Crippen MR) is 102 cm³/mol. The number of hydrogen-bond donors (Lipinski definition) is 1. The molecule has 0 saturated carbocycles. The average Bonchev–Trinajstić information content (AvgIpc) is 2.38. The predicted octanol–water partition coefficient (Wildman–Crippen LogP) is 4.09. The number of oxime groups is 1.